The number of nitrogens with zero attached hydrogens (tertiary/aromatic N) is 1. The van der Waals surface area contributed by atoms with Crippen LogP contribution in [0.4, 0.5) is 0 Å². The number of phenolic OH excluding ortho intramolecular Hbond substituents is 1. The lowest BCUT2D eigenvalue weighted by Gasteiger charge is -2.12. The molecule has 5 nitrogen and oxygen atoms in total. The van der Waals surface area contributed by atoms with Crippen LogP contribution in [0.5, 0.6) is 11.5 Å². The number of nitrogens with one attached hydrogen (secondary N) is 1. The minimum atomic E-state index is -0.262. The zero-order valence-electron chi connectivity index (χ0n) is 18.9. The third kappa shape index (κ3) is 6.33. The van der Waals surface area contributed by atoms with Gasteiger partial charge in [-0.05, 0) is 59.5 Å². The molecule has 34 heavy (non-hydrogen) atoms. The van der Waals surface area contributed by atoms with Crippen molar-refractivity contribution in [3.05, 3.63) is 119 Å². The molecule has 0 aliphatic rings. The fraction of sp³-hybridized carbons (Fsp3) is 0.103. The third-order valence-corrected chi connectivity index (χ3v) is 5.30. The topological polar surface area (TPSA) is 70.9 Å². The fourth-order valence-corrected chi connectivity index (χ4v) is 3.53. The first-order valence-corrected chi connectivity index (χ1v) is 11.0. The Morgan fingerprint density at radius 1 is 0.912 bits per heavy atom. The average Bonchev–Trinajstić information content (AvgIpc) is 2.84. The third-order valence-electron chi connectivity index (χ3n) is 5.30. The summed E-state index contributed by atoms with van der Waals surface area (Å²) >= 11 is 0. The maximum absolute atomic E-state index is 12.3. The zero-order valence-corrected chi connectivity index (χ0v) is 18.9. The van der Waals surface area contributed by atoms with E-state index in [9.17, 15) is 9.90 Å². The van der Waals surface area contributed by atoms with Gasteiger partial charge < -0.3 is 9.84 Å². The number of hydrogen-bond donors (Lipinski definition) is 2. The van der Waals surface area contributed by atoms with Crippen molar-refractivity contribution in [3.8, 4) is 22.6 Å². The van der Waals surface area contributed by atoms with Crippen LogP contribution in [0.3, 0.4) is 0 Å². The number of ether oxygens (including phenoxy) is 1. The normalized spacial score (nSPS) is 10.9. The summed E-state index contributed by atoms with van der Waals surface area (Å²) in [6.07, 6.45) is 1.76. The molecular formula is C29H26N2O3. The fourth-order valence-electron chi connectivity index (χ4n) is 3.53. The minimum Gasteiger partial charge on any atom is -0.508 e. The van der Waals surface area contributed by atoms with Crippen LogP contribution in [0.2, 0.25) is 0 Å². The van der Waals surface area contributed by atoms with Crippen LogP contribution in [0.15, 0.2) is 102 Å². The molecule has 0 aliphatic carbocycles. The molecule has 0 aliphatic heterocycles. The van der Waals surface area contributed by atoms with Gasteiger partial charge in [0.1, 0.15) is 18.1 Å². The number of aryl methyl sites for hydroxylation is 1. The summed E-state index contributed by atoms with van der Waals surface area (Å²) < 4.78 is 6.02. The second kappa shape index (κ2) is 11.0. The van der Waals surface area contributed by atoms with Crippen LogP contribution >= 0.6 is 0 Å². The number of carbonyl (C=O) groups excluding carboxylic acids is 1. The van der Waals surface area contributed by atoms with Crippen molar-refractivity contribution < 1.29 is 14.6 Å². The molecule has 0 aromatic heterocycles. The van der Waals surface area contributed by atoms with Crippen molar-refractivity contribution in [1.29, 1.82) is 0 Å². The summed E-state index contributed by atoms with van der Waals surface area (Å²) in [6.45, 7) is 2.53. The van der Waals surface area contributed by atoms with Gasteiger partial charge in [0.2, 0.25) is 5.91 Å². The van der Waals surface area contributed by atoms with Crippen LogP contribution in [0, 0.1) is 6.92 Å². The highest BCUT2D eigenvalue weighted by Gasteiger charge is 2.08. The van der Waals surface area contributed by atoms with Gasteiger partial charge in [-0.3, -0.25) is 4.79 Å². The van der Waals surface area contributed by atoms with Crippen molar-refractivity contribution in [2.24, 2.45) is 5.10 Å². The molecule has 0 fully saturated rings. The molecule has 4 aromatic rings. The van der Waals surface area contributed by atoms with Crippen molar-refractivity contribution >= 4 is 12.1 Å². The van der Waals surface area contributed by atoms with Crippen LogP contribution in [-0.2, 0) is 17.8 Å². The second-order valence-electron chi connectivity index (χ2n) is 8.03. The highest BCUT2D eigenvalue weighted by atomic mass is 16.5. The number of carbonyl (C=O) groups is 1. The van der Waals surface area contributed by atoms with Crippen molar-refractivity contribution in [2.75, 3.05) is 0 Å². The lowest BCUT2D eigenvalue weighted by molar-refractivity contribution is -0.120. The Hall–Kier alpha value is -4.38. The molecule has 2 N–H and O–H groups in total. The van der Waals surface area contributed by atoms with Gasteiger partial charge in [0.15, 0.2) is 0 Å². The summed E-state index contributed by atoms with van der Waals surface area (Å²) in [6, 6.07) is 30.7. The van der Waals surface area contributed by atoms with E-state index in [2.05, 4.69) is 34.8 Å². The molecule has 0 atom stereocenters. The number of hydrogen-bond acceptors (Lipinski definition) is 4. The zero-order chi connectivity index (χ0) is 23.8. The SMILES string of the molecule is Cc1ccc(-c2cc(OCc3ccccc3)ccc2C=NNC(=O)Cc2cccc(O)c2)cc1. The first-order valence-electron chi connectivity index (χ1n) is 11.0. The predicted molar refractivity (Wildman–Crippen MR) is 135 cm³/mol. The number of hydrazone groups is 1. The Bertz CT molecular complexity index is 1280. The van der Waals surface area contributed by atoms with Gasteiger partial charge in [-0.25, -0.2) is 5.43 Å². The van der Waals surface area contributed by atoms with Gasteiger partial charge in [-0.2, -0.15) is 5.10 Å². The van der Waals surface area contributed by atoms with Gasteiger partial charge in [0, 0.05) is 5.56 Å². The first kappa shape index (κ1) is 22.8. The number of phenols is 1. The summed E-state index contributed by atoms with van der Waals surface area (Å²) in [5.41, 5.74) is 8.39. The van der Waals surface area contributed by atoms with Crippen LogP contribution < -0.4 is 10.2 Å². The molecular weight excluding hydrogens is 424 g/mol. The summed E-state index contributed by atoms with van der Waals surface area (Å²) in [4.78, 5) is 12.3. The Morgan fingerprint density at radius 2 is 1.68 bits per heavy atom. The molecule has 0 spiro atoms. The van der Waals surface area contributed by atoms with Gasteiger partial charge >= 0.3 is 0 Å². The molecule has 4 rings (SSSR count). The highest BCUT2D eigenvalue weighted by molar-refractivity contribution is 5.91. The molecule has 0 saturated carbocycles. The largest absolute Gasteiger partial charge is 0.508 e. The van der Waals surface area contributed by atoms with E-state index >= 15 is 0 Å². The molecule has 0 heterocycles. The van der Waals surface area contributed by atoms with Crippen LogP contribution in [0.25, 0.3) is 11.1 Å². The van der Waals surface area contributed by atoms with E-state index in [0.29, 0.717) is 12.2 Å². The van der Waals surface area contributed by atoms with Gasteiger partial charge in [-0.15, -0.1) is 0 Å². The maximum Gasteiger partial charge on any atom is 0.244 e. The number of aromatic hydroxyl groups is 1. The highest BCUT2D eigenvalue weighted by Crippen LogP contribution is 2.28. The van der Waals surface area contributed by atoms with Gasteiger partial charge in [0.05, 0.1) is 12.6 Å². The molecule has 0 radical (unpaired) electrons. The number of amides is 1. The van der Waals surface area contributed by atoms with Crippen LogP contribution in [-0.4, -0.2) is 17.2 Å². The molecule has 0 saturated heterocycles. The average molecular weight is 451 g/mol. The standard InChI is InChI=1S/C29H26N2O3/c1-21-10-12-24(13-11-21)28-18-27(34-20-22-6-3-2-4-7-22)15-14-25(28)19-30-31-29(33)17-23-8-5-9-26(32)16-23/h2-16,18-19,32H,17,20H2,1H3,(H,31,33). The monoisotopic (exact) mass is 450 g/mol. The van der Waals surface area contributed by atoms with E-state index in [-0.39, 0.29) is 18.1 Å². The predicted octanol–water partition coefficient (Wildman–Crippen LogP) is 5.64. The lowest BCUT2D eigenvalue weighted by Crippen LogP contribution is -2.19. The summed E-state index contributed by atoms with van der Waals surface area (Å²) in [5, 5.41) is 13.7. The van der Waals surface area contributed by atoms with E-state index in [1.54, 1.807) is 30.5 Å². The molecule has 0 unspecified atom stereocenters. The lowest BCUT2D eigenvalue weighted by atomic mass is 9.99. The quantitative estimate of drug-likeness (QED) is 0.270. The Kier molecular flexibility index (Phi) is 7.35. The number of benzene rings is 4. The van der Waals surface area contributed by atoms with E-state index in [0.717, 1.165) is 28.0 Å². The Balaban J connectivity index is 1.50. The minimum absolute atomic E-state index is 0.128. The molecule has 4 aromatic carbocycles. The van der Waals surface area contributed by atoms with Gasteiger partial charge in [0.25, 0.3) is 0 Å². The maximum atomic E-state index is 12.3. The van der Waals surface area contributed by atoms with E-state index < -0.39 is 0 Å². The van der Waals surface area contributed by atoms with Crippen LogP contribution in [0.1, 0.15) is 22.3 Å². The van der Waals surface area contributed by atoms with Crippen molar-refractivity contribution in [2.45, 2.75) is 20.0 Å². The molecule has 0 bridgehead atoms. The molecule has 170 valence electrons. The van der Waals surface area contributed by atoms with E-state index in [1.807, 2.05) is 55.5 Å². The van der Waals surface area contributed by atoms with Crippen molar-refractivity contribution in [3.63, 3.8) is 0 Å². The number of rotatable bonds is 8. The van der Waals surface area contributed by atoms with Gasteiger partial charge in [-0.1, -0.05) is 72.3 Å². The van der Waals surface area contributed by atoms with E-state index in [1.165, 1.54) is 5.56 Å². The second-order valence-corrected chi connectivity index (χ2v) is 8.03. The smallest absolute Gasteiger partial charge is 0.244 e. The Morgan fingerprint density at radius 3 is 2.44 bits per heavy atom. The molecule has 5 heteroatoms. The summed E-state index contributed by atoms with van der Waals surface area (Å²) in [5.74, 6) is 0.622. The van der Waals surface area contributed by atoms with Crippen molar-refractivity contribution in [1.82, 2.24) is 5.43 Å². The summed E-state index contributed by atoms with van der Waals surface area (Å²) in [7, 11) is 0. The van der Waals surface area contributed by atoms with E-state index in [4.69, 9.17) is 4.74 Å². The molecule has 1 amide bonds. The first-order chi connectivity index (χ1) is 16.6. The Labute approximate surface area is 199 Å².